The number of carbonyl (C=O) groups is 2. The minimum Gasteiger partial charge on any atom is -0.448 e. The van der Waals surface area contributed by atoms with Crippen molar-refractivity contribution in [3.05, 3.63) is 72.1 Å². The van der Waals surface area contributed by atoms with Crippen LogP contribution in [0.3, 0.4) is 0 Å². The maximum Gasteiger partial charge on any atom is 0.270 e. The number of carbonyl (C=O) groups excluding carboxylic acids is 2. The molecule has 162 valence electrons. The van der Waals surface area contributed by atoms with Gasteiger partial charge in [-0.05, 0) is 38.0 Å². The van der Waals surface area contributed by atoms with Crippen LogP contribution in [0.1, 0.15) is 36.3 Å². The van der Waals surface area contributed by atoms with Gasteiger partial charge in [-0.25, -0.2) is 0 Å². The SMILES string of the molecule is C=C(C)Cn1c(C(=O)N2CCN(C(=O)CCc3ccccc3)C(C)C2)cc2ccoc21. The fourth-order valence-corrected chi connectivity index (χ4v) is 4.29. The van der Waals surface area contributed by atoms with Gasteiger partial charge in [0.05, 0.1) is 6.26 Å². The molecule has 2 amide bonds. The molecule has 3 heterocycles. The van der Waals surface area contributed by atoms with E-state index in [9.17, 15) is 9.59 Å². The van der Waals surface area contributed by atoms with E-state index in [1.807, 2.05) is 70.7 Å². The van der Waals surface area contributed by atoms with Crippen molar-refractivity contribution in [3.8, 4) is 0 Å². The topological polar surface area (TPSA) is 58.7 Å². The molecule has 3 aromatic rings. The van der Waals surface area contributed by atoms with Crippen LogP contribution in [0.5, 0.6) is 0 Å². The molecule has 1 unspecified atom stereocenters. The summed E-state index contributed by atoms with van der Waals surface area (Å²) in [6.07, 6.45) is 2.86. The van der Waals surface area contributed by atoms with Crippen LogP contribution in [0.2, 0.25) is 0 Å². The maximum absolute atomic E-state index is 13.3. The lowest BCUT2D eigenvalue weighted by Crippen LogP contribution is -2.55. The van der Waals surface area contributed by atoms with Crippen LogP contribution >= 0.6 is 0 Å². The minimum atomic E-state index is -0.0316. The van der Waals surface area contributed by atoms with Crippen LogP contribution in [-0.4, -0.2) is 51.9 Å². The van der Waals surface area contributed by atoms with E-state index in [-0.39, 0.29) is 17.9 Å². The first kappa shape index (κ1) is 21.0. The molecule has 0 radical (unpaired) electrons. The number of aryl methyl sites for hydroxylation is 1. The Hall–Kier alpha value is -3.28. The highest BCUT2D eigenvalue weighted by Crippen LogP contribution is 2.24. The molecule has 0 N–H and O–H groups in total. The Kier molecular flexibility index (Phi) is 5.98. The van der Waals surface area contributed by atoms with E-state index in [0.29, 0.717) is 44.0 Å². The third kappa shape index (κ3) is 4.43. The number of aromatic nitrogens is 1. The number of furan rings is 1. The predicted octanol–water partition coefficient (Wildman–Crippen LogP) is 4.12. The van der Waals surface area contributed by atoms with Gasteiger partial charge in [0.15, 0.2) is 0 Å². The fourth-order valence-electron chi connectivity index (χ4n) is 4.29. The maximum atomic E-state index is 13.3. The van der Waals surface area contributed by atoms with Crippen LogP contribution in [-0.2, 0) is 17.8 Å². The molecule has 2 aromatic heterocycles. The molecule has 0 bridgehead atoms. The van der Waals surface area contributed by atoms with E-state index in [2.05, 4.69) is 6.58 Å². The highest BCUT2D eigenvalue weighted by atomic mass is 16.3. The monoisotopic (exact) mass is 419 g/mol. The predicted molar refractivity (Wildman–Crippen MR) is 121 cm³/mol. The van der Waals surface area contributed by atoms with Gasteiger partial charge < -0.3 is 18.8 Å². The van der Waals surface area contributed by atoms with Crippen LogP contribution in [0.25, 0.3) is 11.1 Å². The van der Waals surface area contributed by atoms with Crippen LogP contribution < -0.4 is 0 Å². The van der Waals surface area contributed by atoms with E-state index in [1.54, 1.807) is 6.26 Å². The van der Waals surface area contributed by atoms with Crippen molar-refractivity contribution < 1.29 is 14.0 Å². The zero-order chi connectivity index (χ0) is 22.0. The second-order valence-electron chi connectivity index (χ2n) is 8.43. The van der Waals surface area contributed by atoms with E-state index in [1.165, 1.54) is 5.56 Å². The average Bonchev–Trinajstić information content (AvgIpc) is 3.34. The molecular weight excluding hydrogens is 390 g/mol. The highest BCUT2D eigenvalue weighted by Gasteiger charge is 2.31. The number of rotatable bonds is 6. The van der Waals surface area contributed by atoms with E-state index in [0.717, 1.165) is 17.4 Å². The summed E-state index contributed by atoms with van der Waals surface area (Å²) in [4.78, 5) is 29.9. The van der Waals surface area contributed by atoms with Gasteiger partial charge in [0.2, 0.25) is 11.6 Å². The van der Waals surface area contributed by atoms with E-state index < -0.39 is 0 Å². The van der Waals surface area contributed by atoms with Crippen LogP contribution in [0.4, 0.5) is 0 Å². The van der Waals surface area contributed by atoms with Gasteiger partial charge in [-0.3, -0.25) is 9.59 Å². The number of allylic oxidation sites excluding steroid dienone is 1. The number of hydrogen-bond acceptors (Lipinski definition) is 3. The molecule has 1 aliphatic rings. The minimum absolute atomic E-state index is 0.0199. The molecule has 0 saturated carbocycles. The Balaban J connectivity index is 1.42. The second-order valence-corrected chi connectivity index (χ2v) is 8.43. The second kappa shape index (κ2) is 8.84. The van der Waals surface area contributed by atoms with Crippen molar-refractivity contribution in [3.63, 3.8) is 0 Å². The Labute approximate surface area is 182 Å². The Morgan fingerprint density at radius 1 is 1.16 bits per heavy atom. The van der Waals surface area contributed by atoms with Crippen molar-refractivity contribution in [1.82, 2.24) is 14.4 Å². The lowest BCUT2D eigenvalue weighted by molar-refractivity contribution is -0.135. The van der Waals surface area contributed by atoms with Gasteiger partial charge in [0.25, 0.3) is 5.91 Å². The van der Waals surface area contributed by atoms with Gasteiger partial charge in [0, 0.05) is 44.0 Å². The summed E-state index contributed by atoms with van der Waals surface area (Å²) in [5.41, 5.74) is 3.41. The molecule has 1 aliphatic heterocycles. The third-order valence-corrected chi connectivity index (χ3v) is 5.85. The zero-order valence-corrected chi connectivity index (χ0v) is 18.2. The summed E-state index contributed by atoms with van der Waals surface area (Å²) < 4.78 is 7.49. The summed E-state index contributed by atoms with van der Waals surface area (Å²) in [6, 6.07) is 13.8. The molecule has 6 heteroatoms. The number of piperazine rings is 1. The van der Waals surface area contributed by atoms with Crippen molar-refractivity contribution >= 4 is 22.9 Å². The standard InChI is InChI=1S/C25H29N3O3/c1-18(2)16-28-22(15-21-11-14-31-25(21)28)24(30)26-12-13-27(19(3)17-26)23(29)10-9-20-7-5-4-6-8-20/h4-8,11,14-15,19H,1,9-10,12-13,16-17H2,2-3H3. The van der Waals surface area contributed by atoms with Crippen LogP contribution in [0.15, 0.2) is 65.3 Å². The first-order chi connectivity index (χ1) is 14.9. The van der Waals surface area contributed by atoms with E-state index >= 15 is 0 Å². The van der Waals surface area contributed by atoms with Crippen molar-refractivity contribution in [2.24, 2.45) is 0 Å². The zero-order valence-electron chi connectivity index (χ0n) is 18.2. The number of benzene rings is 1. The lowest BCUT2D eigenvalue weighted by atomic mass is 10.1. The lowest BCUT2D eigenvalue weighted by Gasteiger charge is -2.40. The molecular formula is C25H29N3O3. The van der Waals surface area contributed by atoms with Crippen molar-refractivity contribution in [2.75, 3.05) is 19.6 Å². The molecule has 1 atom stereocenters. The fraction of sp³-hybridized carbons (Fsp3) is 0.360. The van der Waals surface area contributed by atoms with Gasteiger partial charge in [-0.2, -0.15) is 0 Å². The summed E-state index contributed by atoms with van der Waals surface area (Å²) in [5.74, 6) is 0.113. The third-order valence-electron chi connectivity index (χ3n) is 5.85. The average molecular weight is 420 g/mol. The van der Waals surface area contributed by atoms with Gasteiger partial charge in [-0.1, -0.05) is 42.5 Å². The van der Waals surface area contributed by atoms with Crippen molar-refractivity contribution in [1.29, 1.82) is 0 Å². The quantitative estimate of drug-likeness (QED) is 0.565. The van der Waals surface area contributed by atoms with Gasteiger partial charge in [-0.15, -0.1) is 0 Å². The number of amides is 2. The molecule has 1 fully saturated rings. The molecule has 1 saturated heterocycles. The highest BCUT2D eigenvalue weighted by molar-refractivity contribution is 5.98. The van der Waals surface area contributed by atoms with Gasteiger partial charge >= 0.3 is 0 Å². The Bertz CT molecular complexity index is 1100. The van der Waals surface area contributed by atoms with Gasteiger partial charge in [0.1, 0.15) is 5.69 Å². The normalized spacial score (nSPS) is 16.6. The number of nitrogens with zero attached hydrogens (tertiary/aromatic N) is 3. The summed E-state index contributed by atoms with van der Waals surface area (Å²) in [6.45, 7) is 10.1. The smallest absolute Gasteiger partial charge is 0.270 e. The molecule has 0 aliphatic carbocycles. The summed E-state index contributed by atoms with van der Waals surface area (Å²) in [7, 11) is 0. The van der Waals surface area contributed by atoms with Crippen molar-refractivity contribution in [2.45, 2.75) is 39.3 Å². The number of hydrogen-bond donors (Lipinski definition) is 0. The summed E-state index contributed by atoms with van der Waals surface area (Å²) in [5, 5.41) is 0.910. The molecule has 31 heavy (non-hydrogen) atoms. The molecule has 0 spiro atoms. The number of fused-ring (bicyclic) bond motifs is 1. The Morgan fingerprint density at radius 3 is 2.65 bits per heavy atom. The largest absolute Gasteiger partial charge is 0.448 e. The first-order valence-corrected chi connectivity index (χ1v) is 10.8. The first-order valence-electron chi connectivity index (χ1n) is 10.8. The molecule has 4 rings (SSSR count). The summed E-state index contributed by atoms with van der Waals surface area (Å²) >= 11 is 0. The molecule has 1 aromatic carbocycles. The Morgan fingerprint density at radius 2 is 1.94 bits per heavy atom. The van der Waals surface area contributed by atoms with E-state index in [4.69, 9.17) is 4.42 Å². The van der Waals surface area contributed by atoms with Crippen LogP contribution in [0, 0.1) is 0 Å². The molecule has 6 nitrogen and oxygen atoms in total.